The maximum atomic E-state index is 12.4. The Morgan fingerprint density at radius 3 is 2.58 bits per heavy atom. The van der Waals surface area contributed by atoms with Gasteiger partial charge in [-0.25, -0.2) is 8.42 Å². The molecule has 0 atom stereocenters. The van der Waals surface area contributed by atoms with Crippen LogP contribution in [-0.2, 0) is 15.8 Å². The van der Waals surface area contributed by atoms with Gasteiger partial charge in [0.05, 0.1) is 12.4 Å². The van der Waals surface area contributed by atoms with Crippen LogP contribution in [0.2, 0.25) is 0 Å². The van der Waals surface area contributed by atoms with Gasteiger partial charge >= 0.3 is 0 Å². The zero-order chi connectivity index (χ0) is 16.8. The van der Waals surface area contributed by atoms with Gasteiger partial charge in [-0.05, 0) is 37.1 Å². The molecule has 7 heteroatoms. The monoisotopic (exact) mass is 367 g/mol. The van der Waals surface area contributed by atoms with Gasteiger partial charge in [0.1, 0.15) is 11.5 Å². The zero-order valence-corrected chi connectivity index (χ0v) is 15.0. The lowest BCUT2D eigenvalue weighted by Crippen LogP contribution is -2.27. The molecule has 0 radical (unpaired) electrons. The van der Waals surface area contributed by atoms with Gasteiger partial charge in [0.15, 0.2) is 0 Å². The number of hydrogen-bond donors (Lipinski definition) is 0. The Kier molecular flexibility index (Phi) is 5.86. The number of hydrogen-bond acceptors (Lipinski definition) is 5. The van der Waals surface area contributed by atoms with E-state index in [0.717, 1.165) is 24.3 Å². The fraction of sp³-hybridized carbons (Fsp3) is 0.412. The van der Waals surface area contributed by atoms with Crippen molar-refractivity contribution in [1.82, 2.24) is 4.31 Å². The van der Waals surface area contributed by atoms with Crippen LogP contribution in [0.4, 0.5) is 0 Å². The molecule has 0 aliphatic carbocycles. The van der Waals surface area contributed by atoms with Crippen molar-refractivity contribution in [3.63, 3.8) is 0 Å². The number of nitrogens with zero attached hydrogens (tertiary/aromatic N) is 1. The van der Waals surface area contributed by atoms with Crippen LogP contribution < -0.4 is 4.74 Å². The number of sulfonamides is 1. The van der Waals surface area contributed by atoms with Crippen molar-refractivity contribution in [1.29, 1.82) is 0 Å². The molecule has 130 valence electrons. The van der Waals surface area contributed by atoms with Crippen molar-refractivity contribution in [2.24, 2.45) is 0 Å². The second-order valence-corrected chi connectivity index (χ2v) is 8.52. The maximum absolute atomic E-state index is 12.4. The van der Waals surface area contributed by atoms with E-state index in [1.165, 1.54) is 4.31 Å². The van der Waals surface area contributed by atoms with Crippen LogP contribution in [-0.4, -0.2) is 38.2 Å². The molecule has 2 heterocycles. The Hall–Kier alpha value is -1.44. The summed E-state index contributed by atoms with van der Waals surface area (Å²) in [5.41, 5.74) is 0. The minimum absolute atomic E-state index is 0.0561. The number of benzene rings is 1. The summed E-state index contributed by atoms with van der Waals surface area (Å²) >= 11 is 1.65. The molecule has 5 nitrogen and oxygen atoms in total. The zero-order valence-electron chi connectivity index (χ0n) is 13.4. The third-order valence-corrected chi connectivity index (χ3v) is 6.50. The molecule has 1 aliphatic rings. The lowest BCUT2D eigenvalue weighted by molar-refractivity contribution is 0.344. The molecular formula is C17H21NO4S2. The maximum Gasteiger partial charge on any atom is 0.276 e. The van der Waals surface area contributed by atoms with Gasteiger partial charge < -0.3 is 9.15 Å². The number of para-hydroxylation sites is 1. The average molecular weight is 367 g/mol. The SMILES string of the molecule is O=S(=O)(c1ccc(CSCCOc2ccccc2)o1)N1CCCC1. The Balaban J connectivity index is 1.44. The van der Waals surface area contributed by atoms with Crippen molar-refractivity contribution in [3.05, 3.63) is 48.2 Å². The fourth-order valence-corrected chi connectivity index (χ4v) is 4.69. The standard InChI is InChI=1S/C17H21NO4S2/c19-24(20,18-10-4-5-11-18)17-9-8-16(22-17)14-23-13-12-21-15-6-2-1-3-7-15/h1-3,6-9H,4-5,10-14H2. The van der Waals surface area contributed by atoms with E-state index in [0.29, 0.717) is 31.2 Å². The summed E-state index contributed by atoms with van der Waals surface area (Å²) in [7, 11) is -3.46. The van der Waals surface area contributed by atoms with Crippen molar-refractivity contribution in [2.75, 3.05) is 25.4 Å². The summed E-state index contributed by atoms with van der Waals surface area (Å²) in [6.45, 7) is 1.78. The van der Waals surface area contributed by atoms with Gasteiger partial charge in [0.2, 0.25) is 5.09 Å². The quantitative estimate of drug-likeness (QED) is 0.670. The van der Waals surface area contributed by atoms with Crippen LogP contribution in [0.5, 0.6) is 5.75 Å². The highest BCUT2D eigenvalue weighted by Crippen LogP contribution is 2.24. The molecule has 0 bridgehead atoms. The van der Waals surface area contributed by atoms with Crippen LogP contribution in [0.25, 0.3) is 0 Å². The lowest BCUT2D eigenvalue weighted by atomic mass is 10.3. The van der Waals surface area contributed by atoms with Gasteiger partial charge in [-0.1, -0.05) is 18.2 Å². The minimum Gasteiger partial charge on any atom is -0.493 e. The average Bonchev–Trinajstić information content (AvgIpc) is 3.28. The van der Waals surface area contributed by atoms with E-state index in [1.807, 2.05) is 30.3 Å². The molecule has 0 N–H and O–H groups in total. The first kappa shape index (κ1) is 17.4. The predicted octanol–water partition coefficient (Wildman–Crippen LogP) is 3.38. The Morgan fingerprint density at radius 1 is 1.08 bits per heavy atom. The highest BCUT2D eigenvalue weighted by Gasteiger charge is 2.29. The Labute approximate surface area is 147 Å². The molecule has 2 aromatic rings. The summed E-state index contributed by atoms with van der Waals surface area (Å²) in [6.07, 6.45) is 1.84. The highest BCUT2D eigenvalue weighted by atomic mass is 32.2. The molecule has 1 aromatic carbocycles. The summed E-state index contributed by atoms with van der Waals surface area (Å²) in [5, 5.41) is 0.0561. The normalized spacial score (nSPS) is 15.7. The van der Waals surface area contributed by atoms with Crippen LogP contribution in [0.3, 0.4) is 0 Å². The summed E-state index contributed by atoms with van der Waals surface area (Å²) < 4.78 is 37.4. The third-order valence-electron chi connectivity index (χ3n) is 3.78. The smallest absolute Gasteiger partial charge is 0.276 e. The Bertz CT molecular complexity index is 737. The van der Waals surface area contributed by atoms with Crippen LogP contribution in [0.1, 0.15) is 18.6 Å². The molecule has 3 rings (SSSR count). The van der Waals surface area contributed by atoms with E-state index < -0.39 is 10.0 Å². The molecular weight excluding hydrogens is 346 g/mol. The summed E-state index contributed by atoms with van der Waals surface area (Å²) in [5.74, 6) is 2.98. The minimum atomic E-state index is -3.46. The fourth-order valence-electron chi connectivity index (χ4n) is 2.54. The molecule has 1 fully saturated rings. The van der Waals surface area contributed by atoms with E-state index in [1.54, 1.807) is 23.9 Å². The van der Waals surface area contributed by atoms with Gasteiger partial charge in [0.25, 0.3) is 10.0 Å². The second-order valence-electron chi connectivity index (χ2n) is 5.55. The topological polar surface area (TPSA) is 59.8 Å². The van der Waals surface area contributed by atoms with Gasteiger partial charge in [-0.3, -0.25) is 0 Å². The Morgan fingerprint density at radius 2 is 1.83 bits per heavy atom. The van der Waals surface area contributed by atoms with Crippen molar-refractivity contribution in [2.45, 2.75) is 23.7 Å². The highest BCUT2D eigenvalue weighted by molar-refractivity contribution is 7.98. The molecule has 1 aliphatic heterocycles. The number of ether oxygens (including phenoxy) is 1. The van der Waals surface area contributed by atoms with Crippen molar-refractivity contribution in [3.8, 4) is 5.75 Å². The molecule has 0 saturated carbocycles. The van der Waals surface area contributed by atoms with E-state index >= 15 is 0 Å². The van der Waals surface area contributed by atoms with Gasteiger partial charge in [0, 0.05) is 18.8 Å². The first-order valence-electron chi connectivity index (χ1n) is 8.01. The molecule has 1 aromatic heterocycles. The van der Waals surface area contributed by atoms with Crippen LogP contribution >= 0.6 is 11.8 Å². The molecule has 0 amide bonds. The first-order valence-corrected chi connectivity index (χ1v) is 10.6. The summed E-state index contributed by atoms with van der Waals surface area (Å²) in [4.78, 5) is 0. The first-order chi connectivity index (χ1) is 11.7. The van der Waals surface area contributed by atoms with Crippen LogP contribution in [0.15, 0.2) is 52.0 Å². The lowest BCUT2D eigenvalue weighted by Gasteiger charge is -2.12. The van der Waals surface area contributed by atoms with E-state index in [2.05, 4.69) is 0 Å². The van der Waals surface area contributed by atoms with Gasteiger partial charge in [-0.2, -0.15) is 16.1 Å². The molecule has 24 heavy (non-hydrogen) atoms. The van der Waals surface area contributed by atoms with Gasteiger partial charge in [-0.15, -0.1) is 0 Å². The summed E-state index contributed by atoms with van der Waals surface area (Å²) in [6, 6.07) is 13.0. The predicted molar refractivity (Wildman–Crippen MR) is 94.8 cm³/mol. The van der Waals surface area contributed by atoms with E-state index in [4.69, 9.17) is 9.15 Å². The number of furan rings is 1. The largest absolute Gasteiger partial charge is 0.493 e. The third kappa shape index (κ3) is 4.34. The number of thioether (sulfide) groups is 1. The molecule has 1 saturated heterocycles. The van der Waals surface area contributed by atoms with Crippen LogP contribution in [0, 0.1) is 0 Å². The second kappa shape index (κ2) is 8.09. The van der Waals surface area contributed by atoms with E-state index in [-0.39, 0.29) is 5.09 Å². The van der Waals surface area contributed by atoms with Crippen molar-refractivity contribution >= 4 is 21.8 Å². The van der Waals surface area contributed by atoms with E-state index in [9.17, 15) is 8.42 Å². The molecule has 0 spiro atoms. The molecule has 0 unspecified atom stereocenters. The number of rotatable bonds is 8. The van der Waals surface area contributed by atoms with Crippen molar-refractivity contribution < 1.29 is 17.6 Å².